The molecule has 2 aromatic rings. The Hall–Kier alpha value is -2.07. The van der Waals surface area contributed by atoms with Gasteiger partial charge in [-0.3, -0.25) is 4.79 Å². The summed E-state index contributed by atoms with van der Waals surface area (Å²) >= 11 is 0. The highest BCUT2D eigenvalue weighted by Gasteiger charge is 2.15. The number of nitrogens with one attached hydrogen (secondary N) is 1. The first-order valence-corrected chi connectivity index (χ1v) is 6.10. The van der Waals surface area contributed by atoms with Crippen molar-refractivity contribution in [2.45, 2.75) is 26.0 Å². The van der Waals surface area contributed by atoms with Crippen molar-refractivity contribution in [3.05, 3.63) is 59.5 Å². The standard InChI is InChI=1S/C15H17NO3/c1-15(2,18)12-7-5-11(6-8-12)10-16-14(17)13-4-3-9-19-13/h3-9,18H,10H2,1-2H3,(H,16,17). The predicted molar refractivity (Wildman–Crippen MR) is 71.6 cm³/mol. The number of hydrogen-bond donors (Lipinski definition) is 2. The van der Waals surface area contributed by atoms with Crippen LogP contribution < -0.4 is 5.32 Å². The first-order chi connectivity index (χ1) is 8.97. The van der Waals surface area contributed by atoms with Crippen LogP contribution in [0, 0.1) is 0 Å². The maximum Gasteiger partial charge on any atom is 0.287 e. The molecule has 0 spiro atoms. The Morgan fingerprint density at radius 1 is 1.26 bits per heavy atom. The van der Waals surface area contributed by atoms with Crippen LogP contribution in [0.15, 0.2) is 47.1 Å². The van der Waals surface area contributed by atoms with Crippen molar-refractivity contribution in [2.24, 2.45) is 0 Å². The molecule has 0 radical (unpaired) electrons. The summed E-state index contributed by atoms with van der Waals surface area (Å²) in [6, 6.07) is 10.8. The predicted octanol–water partition coefficient (Wildman–Crippen LogP) is 2.44. The first-order valence-electron chi connectivity index (χ1n) is 6.10. The summed E-state index contributed by atoms with van der Waals surface area (Å²) < 4.78 is 5.00. The fourth-order valence-corrected chi connectivity index (χ4v) is 1.71. The third-order valence-corrected chi connectivity index (χ3v) is 2.86. The zero-order chi connectivity index (χ0) is 13.9. The lowest BCUT2D eigenvalue weighted by Gasteiger charge is -2.17. The third kappa shape index (κ3) is 3.45. The summed E-state index contributed by atoms with van der Waals surface area (Å²) in [5.74, 6) is 0.0599. The Morgan fingerprint density at radius 2 is 1.95 bits per heavy atom. The SMILES string of the molecule is CC(C)(O)c1ccc(CNC(=O)c2ccco2)cc1. The Bertz CT molecular complexity index is 536. The van der Waals surface area contributed by atoms with E-state index in [9.17, 15) is 9.90 Å². The summed E-state index contributed by atoms with van der Waals surface area (Å²) in [6.45, 7) is 3.90. The number of aliphatic hydroxyl groups is 1. The zero-order valence-electron chi connectivity index (χ0n) is 11.0. The van der Waals surface area contributed by atoms with Crippen LogP contribution in [0.25, 0.3) is 0 Å². The minimum atomic E-state index is -0.851. The highest BCUT2D eigenvalue weighted by Crippen LogP contribution is 2.19. The fourth-order valence-electron chi connectivity index (χ4n) is 1.71. The van der Waals surface area contributed by atoms with Gasteiger partial charge in [0, 0.05) is 6.54 Å². The summed E-state index contributed by atoms with van der Waals surface area (Å²) in [4.78, 5) is 11.7. The average molecular weight is 259 g/mol. The maximum atomic E-state index is 11.7. The number of rotatable bonds is 4. The van der Waals surface area contributed by atoms with Gasteiger partial charge in [-0.2, -0.15) is 0 Å². The van der Waals surface area contributed by atoms with Gasteiger partial charge in [0.15, 0.2) is 5.76 Å². The van der Waals surface area contributed by atoms with E-state index in [1.807, 2.05) is 24.3 Å². The van der Waals surface area contributed by atoms with Crippen molar-refractivity contribution in [1.29, 1.82) is 0 Å². The molecule has 1 aromatic carbocycles. The average Bonchev–Trinajstić information content (AvgIpc) is 2.89. The number of benzene rings is 1. The number of amides is 1. The molecule has 4 nitrogen and oxygen atoms in total. The van der Waals surface area contributed by atoms with Gasteiger partial charge in [0.2, 0.25) is 0 Å². The van der Waals surface area contributed by atoms with E-state index in [0.29, 0.717) is 12.3 Å². The summed E-state index contributed by atoms with van der Waals surface area (Å²) in [5.41, 5.74) is 0.956. The van der Waals surface area contributed by atoms with Crippen LogP contribution in [0.3, 0.4) is 0 Å². The molecule has 0 bridgehead atoms. The lowest BCUT2D eigenvalue weighted by Crippen LogP contribution is -2.22. The van der Waals surface area contributed by atoms with Crippen molar-refractivity contribution < 1.29 is 14.3 Å². The number of carbonyl (C=O) groups is 1. The summed E-state index contributed by atoms with van der Waals surface area (Å²) in [5, 5.41) is 12.6. The van der Waals surface area contributed by atoms with Gasteiger partial charge in [-0.05, 0) is 37.1 Å². The zero-order valence-corrected chi connectivity index (χ0v) is 11.0. The van der Waals surface area contributed by atoms with Crippen LogP contribution >= 0.6 is 0 Å². The number of carbonyl (C=O) groups excluding carboxylic acids is 1. The van der Waals surface area contributed by atoms with Crippen molar-refractivity contribution in [3.8, 4) is 0 Å². The van der Waals surface area contributed by atoms with E-state index in [2.05, 4.69) is 5.32 Å². The molecule has 19 heavy (non-hydrogen) atoms. The Labute approximate surface area is 112 Å². The van der Waals surface area contributed by atoms with Crippen molar-refractivity contribution in [2.75, 3.05) is 0 Å². The molecule has 0 saturated heterocycles. The third-order valence-electron chi connectivity index (χ3n) is 2.86. The molecule has 2 rings (SSSR count). The van der Waals surface area contributed by atoms with Gasteiger partial charge in [0.05, 0.1) is 11.9 Å². The topological polar surface area (TPSA) is 62.5 Å². The van der Waals surface area contributed by atoms with Gasteiger partial charge in [0.25, 0.3) is 5.91 Å². The van der Waals surface area contributed by atoms with Crippen LogP contribution in [0.1, 0.15) is 35.5 Å². The quantitative estimate of drug-likeness (QED) is 0.886. The Balaban J connectivity index is 1.95. The van der Waals surface area contributed by atoms with E-state index in [0.717, 1.165) is 11.1 Å². The molecular formula is C15H17NO3. The second kappa shape index (κ2) is 5.28. The molecule has 1 aromatic heterocycles. The van der Waals surface area contributed by atoms with Gasteiger partial charge in [0.1, 0.15) is 0 Å². The van der Waals surface area contributed by atoms with E-state index < -0.39 is 5.60 Å². The molecule has 2 N–H and O–H groups in total. The number of hydrogen-bond acceptors (Lipinski definition) is 3. The summed E-state index contributed by atoms with van der Waals surface area (Å²) in [6.07, 6.45) is 1.47. The van der Waals surface area contributed by atoms with Gasteiger partial charge in [-0.15, -0.1) is 0 Å². The minimum Gasteiger partial charge on any atom is -0.459 e. The Morgan fingerprint density at radius 3 is 2.47 bits per heavy atom. The molecule has 1 heterocycles. The second-order valence-corrected chi connectivity index (χ2v) is 4.92. The van der Waals surface area contributed by atoms with Crippen LogP contribution in [-0.2, 0) is 12.1 Å². The smallest absolute Gasteiger partial charge is 0.287 e. The van der Waals surface area contributed by atoms with E-state index in [-0.39, 0.29) is 5.91 Å². The highest BCUT2D eigenvalue weighted by molar-refractivity contribution is 5.91. The molecule has 0 fully saturated rings. The second-order valence-electron chi connectivity index (χ2n) is 4.92. The fraction of sp³-hybridized carbons (Fsp3) is 0.267. The van der Waals surface area contributed by atoms with Crippen molar-refractivity contribution in [1.82, 2.24) is 5.32 Å². The van der Waals surface area contributed by atoms with Crippen LogP contribution in [0.4, 0.5) is 0 Å². The van der Waals surface area contributed by atoms with Gasteiger partial charge in [-0.25, -0.2) is 0 Å². The highest BCUT2D eigenvalue weighted by atomic mass is 16.3. The Kier molecular flexibility index (Phi) is 3.71. The van der Waals surface area contributed by atoms with E-state index >= 15 is 0 Å². The van der Waals surface area contributed by atoms with Gasteiger partial charge >= 0.3 is 0 Å². The van der Waals surface area contributed by atoms with Crippen LogP contribution in [0.2, 0.25) is 0 Å². The van der Waals surface area contributed by atoms with Crippen molar-refractivity contribution in [3.63, 3.8) is 0 Å². The molecule has 1 amide bonds. The monoisotopic (exact) mass is 259 g/mol. The lowest BCUT2D eigenvalue weighted by molar-refractivity contribution is 0.0785. The summed E-state index contributed by atoms with van der Waals surface area (Å²) in [7, 11) is 0. The molecule has 0 aliphatic carbocycles. The molecule has 4 heteroatoms. The molecule has 0 saturated carbocycles. The van der Waals surface area contributed by atoms with E-state index in [4.69, 9.17) is 4.42 Å². The first kappa shape index (κ1) is 13.4. The van der Waals surface area contributed by atoms with Gasteiger partial charge < -0.3 is 14.8 Å². The largest absolute Gasteiger partial charge is 0.459 e. The molecule has 0 aliphatic rings. The number of furan rings is 1. The molecule has 0 unspecified atom stereocenters. The normalized spacial score (nSPS) is 11.3. The molecule has 0 atom stereocenters. The van der Waals surface area contributed by atoms with Crippen LogP contribution in [0.5, 0.6) is 0 Å². The maximum absolute atomic E-state index is 11.7. The van der Waals surface area contributed by atoms with Crippen LogP contribution in [-0.4, -0.2) is 11.0 Å². The molecular weight excluding hydrogens is 242 g/mol. The van der Waals surface area contributed by atoms with Crippen molar-refractivity contribution >= 4 is 5.91 Å². The minimum absolute atomic E-state index is 0.239. The molecule has 0 aliphatic heterocycles. The van der Waals surface area contributed by atoms with E-state index in [1.54, 1.807) is 26.0 Å². The van der Waals surface area contributed by atoms with Gasteiger partial charge in [-0.1, -0.05) is 24.3 Å². The molecule has 100 valence electrons. The lowest BCUT2D eigenvalue weighted by atomic mass is 9.97. The van der Waals surface area contributed by atoms with E-state index in [1.165, 1.54) is 6.26 Å².